The fourth-order valence-corrected chi connectivity index (χ4v) is 3.01. The highest BCUT2D eigenvalue weighted by Gasteiger charge is 2.17. The van der Waals surface area contributed by atoms with Crippen molar-refractivity contribution in [3.05, 3.63) is 47.1 Å². The van der Waals surface area contributed by atoms with Crippen molar-refractivity contribution in [2.45, 2.75) is 19.8 Å². The molecule has 0 atom stereocenters. The number of imidazole rings is 1. The summed E-state index contributed by atoms with van der Waals surface area (Å²) in [6.45, 7) is 2.11. The Labute approximate surface area is 120 Å². The van der Waals surface area contributed by atoms with E-state index in [0.717, 1.165) is 28.3 Å². The molecule has 0 saturated heterocycles. The number of hydrogen-bond donors (Lipinski definition) is 1. The van der Waals surface area contributed by atoms with Gasteiger partial charge in [0, 0.05) is 17.1 Å². The maximum Gasteiger partial charge on any atom is 0.309 e. The molecular weight excluding hydrogens is 272 g/mol. The van der Waals surface area contributed by atoms with Crippen LogP contribution in [0.1, 0.15) is 18.2 Å². The summed E-state index contributed by atoms with van der Waals surface area (Å²) in [4.78, 5) is 16.5. The van der Waals surface area contributed by atoms with E-state index in [2.05, 4.69) is 24.0 Å². The van der Waals surface area contributed by atoms with Crippen LogP contribution in [0.25, 0.3) is 16.2 Å². The van der Waals surface area contributed by atoms with Crippen molar-refractivity contribution >= 4 is 22.3 Å². The van der Waals surface area contributed by atoms with Gasteiger partial charge in [0.15, 0.2) is 4.96 Å². The number of aryl methyl sites for hydroxylation is 1. The van der Waals surface area contributed by atoms with Gasteiger partial charge in [0.1, 0.15) is 0 Å². The molecule has 3 rings (SSSR count). The lowest BCUT2D eigenvalue weighted by Gasteiger charge is -2.03. The van der Waals surface area contributed by atoms with Crippen LogP contribution in [0.5, 0.6) is 0 Å². The van der Waals surface area contributed by atoms with E-state index in [4.69, 9.17) is 5.11 Å². The van der Waals surface area contributed by atoms with Crippen molar-refractivity contribution in [3.8, 4) is 11.3 Å². The average Bonchev–Trinajstić information content (AvgIpc) is 3.01. The molecule has 0 saturated carbocycles. The fourth-order valence-electron chi connectivity index (χ4n) is 2.27. The number of carboxylic acids is 1. The van der Waals surface area contributed by atoms with Gasteiger partial charge < -0.3 is 5.11 Å². The Balaban J connectivity index is 2.13. The van der Waals surface area contributed by atoms with E-state index in [1.165, 1.54) is 16.9 Å². The summed E-state index contributed by atoms with van der Waals surface area (Å²) in [7, 11) is 0. The molecule has 1 aromatic carbocycles. The van der Waals surface area contributed by atoms with Gasteiger partial charge in [-0.25, -0.2) is 4.98 Å². The van der Waals surface area contributed by atoms with Gasteiger partial charge in [-0.2, -0.15) is 0 Å². The van der Waals surface area contributed by atoms with E-state index in [9.17, 15) is 4.79 Å². The van der Waals surface area contributed by atoms with E-state index < -0.39 is 5.97 Å². The number of hydrogen-bond acceptors (Lipinski definition) is 3. The lowest BCUT2D eigenvalue weighted by molar-refractivity contribution is -0.136. The molecule has 0 aliphatic rings. The molecule has 0 aliphatic heterocycles. The van der Waals surface area contributed by atoms with Crippen LogP contribution < -0.4 is 0 Å². The molecule has 5 heteroatoms. The van der Waals surface area contributed by atoms with E-state index in [1.54, 1.807) is 0 Å². The van der Waals surface area contributed by atoms with E-state index in [0.29, 0.717) is 0 Å². The lowest BCUT2D eigenvalue weighted by atomic mass is 10.1. The van der Waals surface area contributed by atoms with Gasteiger partial charge in [-0.15, -0.1) is 11.3 Å². The molecule has 3 aromatic rings. The number of rotatable bonds is 4. The summed E-state index contributed by atoms with van der Waals surface area (Å²) in [5.74, 6) is -0.843. The predicted molar refractivity (Wildman–Crippen MR) is 79.2 cm³/mol. The zero-order chi connectivity index (χ0) is 14.1. The molecule has 0 fully saturated rings. The van der Waals surface area contributed by atoms with Crippen molar-refractivity contribution in [2.75, 3.05) is 0 Å². The Bertz CT molecular complexity index is 756. The number of thiazole rings is 1. The Kier molecular flexibility index (Phi) is 3.28. The number of aliphatic carboxylic acids is 1. The van der Waals surface area contributed by atoms with Crippen LogP contribution in [-0.2, 0) is 17.6 Å². The molecule has 1 N–H and O–H groups in total. The van der Waals surface area contributed by atoms with Gasteiger partial charge in [-0.1, -0.05) is 31.2 Å². The number of carbonyl (C=O) groups is 1. The third kappa shape index (κ3) is 2.20. The summed E-state index contributed by atoms with van der Waals surface area (Å²) in [5, 5.41) is 11.0. The summed E-state index contributed by atoms with van der Waals surface area (Å²) < 4.78 is 1.86. The standard InChI is InChI=1S/C15H14N2O2S/c1-2-10-3-5-11(6-4-10)14-12(9-13(18)19)17-7-8-20-15(17)16-14/h3-8H,2,9H2,1H3,(H,18,19). The van der Waals surface area contributed by atoms with Crippen LogP contribution in [0.15, 0.2) is 35.8 Å². The summed E-state index contributed by atoms with van der Waals surface area (Å²) in [5.41, 5.74) is 3.73. The Morgan fingerprint density at radius 1 is 1.35 bits per heavy atom. The van der Waals surface area contributed by atoms with E-state index >= 15 is 0 Å². The van der Waals surface area contributed by atoms with Crippen LogP contribution in [0.3, 0.4) is 0 Å². The second-order valence-corrected chi connectivity index (χ2v) is 5.46. The van der Waals surface area contributed by atoms with Crippen molar-refractivity contribution in [1.82, 2.24) is 9.38 Å². The SMILES string of the molecule is CCc1ccc(-c2nc3sccn3c2CC(=O)O)cc1. The zero-order valence-electron chi connectivity index (χ0n) is 11.0. The second-order valence-electron chi connectivity index (χ2n) is 4.58. The molecular formula is C15H14N2O2S. The number of fused-ring (bicyclic) bond motifs is 1. The molecule has 2 heterocycles. The molecule has 2 aromatic heterocycles. The van der Waals surface area contributed by atoms with Crippen molar-refractivity contribution < 1.29 is 9.90 Å². The smallest absolute Gasteiger partial charge is 0.309 e. The molecule has 20 heavy (non-hydrogen) atoms. The number of nitrogens with zero attached hydrogens (tertiary/aromatic N) is 2. The van der Waals surface area contributed by atoms with Gasteiger partial charge in [0.2, 0.25) is 0 Å². The lowest BCUT2D eigenvalue weighted by Crippen LogP contribution is -2.04. The van der Waals surface area contributed by atoms with Crippen LogP contribution in [0, 0.1) is 0 Å². The zero-order valence-corrected chi connectivity index (χ0v) is 11.9. The summed E-state index contributed by atoms with van der Waals surface area (Å²) in [6, 6.07) is 8.15. The van der Waals surface area contributed by atoms with Gasteiger partial charge in [0.25, 0.3) is 0 Å². The normalized spacial score (nSPS) is 11.1. The Morgan fingerprint density at radius 3 is 2.75 bits per heavy atom. The van der Waals surface area contributed by atoms with Crippen molar-refractivity contribution in [3.63, 3.8) is 0 Å². The molecule has 0 aliphatic carbocycles. The Hall–Kier alpha value is -2.14. The summed E-state index contributed by atoms with van der Waals surface area (Å²) >= 11 is 1.51. The number of aromatic nitrogens is 2. The quantitative estimate of drug-likeness (QED) is 0.801. The fraction of sp³-hybridized carbons (Fsp3) is 0.200. The monoisotopic (exact) mass is 286 g/mol. The van der Waals surface area contributed by atoms with Crippen LogP contribution in [-0.4, -0.2) is 20.5 Å². The first-order valence-electron chi connectivity index (χ1n) is 6.44. The molecule has 0 spiro atoms. The van der Waals surface area contributed by atoms with Gasteiger partial charge in [0.05, 0.1) is 17.8 Å². The van der Waals surface area contributed by atoms with E-state index in [1.807, 2.05) is 28.1 Å². The highest BCUT2D eigenvalue weighted by atomic mass is 32.1. The molecule has 0 amide bonds. The minimum atomic E-state index is -0.843. The van der Waals surface area contributed by atoms with Crippen LogP contribution >= 0.6 is 11.3 Å². The topological polar surface area (TPSA) is 54.6 Å². The number of benzene rings is 1. The molecule has 102 valence electrons. The first-order valence-corrected chi connectivity index (χ1v) is 7.32. The van der Waals surface area contributed by atoms with Crippen molar-refractivity contribution in [2.24, 2.45) is 0 Å². The van der Waals surface area contributed by atoms with Crippen LogP contribution in [0.2, 0.25) is 0 Å². The third-order valence-electron chi connectivity index (χ3n) is 3.32. The molecule has 4 nitrogen and oxygen atoms in total. The highest BCUT2D eigenvalue weighted by Crippen LogP contribution is 2.27. The Morgan fingerprint density at radius 2 is 2.10 bits per heavy atom. The summed E-state index contributed by atoms with van der Waals surface area (Å²) in [6.07, 6.45) is 2.83. The van der Waals surface area contributed by atoms with Gasteiger partial charge in [-0.05, 0) is 12.0 Å². The number of carboxylic acid groups (broad SMARTS) is 1. The minimum absolute atomic E-state index is 0.0250. The molecule has 0 radical (unpaired) electrons. The molecule has 0 unspecified atom stereocenters. The minimum Gasteiger partial charge on any atom is -0.481 e. The maximum absolute atomic E-state index is 11.1. The molecule has 0 bridgehead atoms. The maximum atomic E-state index is 11.1. The van der Waals surface area contributed by atoms with E-state index in [-0.39, 0.29) is 6.42 Å². The van der Waals surface area contributed by atoms with Crippen LogP contribution in [0.4, 0.5) is 0 Å². The van der Waals surface area contributed by atoms with Gasteiger partial charge >= 0.3 is 5.97 Å². The second kappa shape index (κ2) is 5.09. The largest absolute Gasteiger partial charge is 0.481 e. The van der Waals surface area contributed by atoms with Crippen molar-refractivity contribution in [1.29, 1.82) is 0 Å². The highest BCUT2D eigenvalue weighted by molar-refractivity contribution is 7.15. The first-order chi connectivity index (χ1) is 9.69. The van der Waals surface area contributed by atoms with Gasteiger partial charge in [-0.3, -0.25) is 9.20 Å². The first kappa shape index (κ1) is 12.9. The average molecular weight is 286 g/mol. The predicted octanol–water partition coefficient (Wildman–Crippen LogP) is 3.25. The third-order valence-corrected chi connectivity index (χ3v) is 4.07.